The van der Waals surface area contributed by atoms with Gasteiger partial charge in [-0.05, 0) is 68.2 Å². The van der Waals surface area contributed by atoms with Gasteiger partial charge in [0.2, 0.25) is 0 Å². The minimum atomic E-state index is -0.356. The van der Waals surface area contributed by atoms with Gasteiger partial charge in [-0.15, -0.1) is 0 Å². The number of carbonyl (C=O) groups is 3. The van der Waals surface area contributed by atoms with Crippen LogP contribution in [0.2, 0.25) is 0 Å². The van der Waals surface area contributed by atoms with Crippen LogP contribution >= 0.6 is 0 Å². The average molecular weight is 380 g/mol. The standard InChI is InChI=1S/C22H21FN2O3/c23-17-7-5-16(6-8-17)20(26)14-24-11-9-15(10-12-24)13-25-21(27)18-3-1-2-4-19(18)22(25)28/h1-8,15H,9-14H2. The smallest absolute Gasteiger partial charge is 0.261 e. The van der Waals surface area contributed by atoms with Gasteiger partial charge in [0.25, 0.3) is 11.8 Å². The average Bonchev–Trinajstić information content (AvgIpc) is 2.95. The maximum absolute atomic E-state index is 13.0. The molecule has 2 aliphatic rings. The summed E-state index contributed by atoms with van der Waals surface area (Å²) in [6, 6.07) is 12.5. The molecule has 2 aliphatic heterocycles. The van der Waals surface area contributed by atoms with Gasteiger partial charge in [-0.1, -0.05) is 12.1 Å². The van der Waals surface area contributed by atoms with Crippen LogP contribution in [0.15, 0.2) is 48.5 Å². The van der Waals surface area contributed by atoms with Crippen LogP contribution in [0, 0.1) is 11.7 Å². The molecule has 0 N–H and O–H groups in total. The van der Waals surface area contributed by atoms with E-state index in [2.05, 4.69) is 4.90 Å². The Labute approximate surface area is 162 Å². The Hall–Kier alpha value is -2.86. The Balaban J connectivity index is 1.30. The minimum absolute atomic E-state index is 0.0289. The molecule has 4 rings (SSSR count). The van der Waals surface area contributed by atoms with Crippen molar-refractivity contribution in [3.8, 4) is 0 Å². The van der Waals surface area contributed by atoms with Crippen molar-refractivity contribution in [2.45, 2.75) is 12.8 Å². The summed E-state index contributed by atoms with van der Waals surface area (Å²) in [5.74, 6) is -0.576. The molecule has 0 aliphatic carbocycles. The number of hydrogen-bond donors (Lipinski definition) is 0. The van der Waals surface area contributed by atoms with Gasteiger partial charge in [-0.25, -0.2) is 4.39 Å². The Morgan fingerprint density at radius 1 is 0.929 bits per heavy atom. The largest absolute Gasteiger partial charge is 0.296 e. The molecule has 0 saturated carbocycles. The summed E-state index contributed by atoms with van der Waals surface area (Å²) in [5, 5.41) is 0. The molecule has 28 heavy (non-hydrogen) atoms. The highest BCUT2D eigenvalue weighted by atomic mass is 19.1. The number of hydrogen-bond acceptors (Lipinski definition) is 4. The van der Waals surface area contributed by atoms with E-state index in [4.69, 9.17) is 0 Å². The highest BCUT2D eigenvalue weighted by Crippen LogP contribution is 2.26. The third-order valence-corrected chi connectivity index (χ3v) is 5.56. The van der Waals surface area contributed by atoms with E-state index >= 15 is 0 Å². The zero-order valence-electron chi connectivity index (χ0n) is 15.4. The predicted molar refractivity (Wildman–Crippen MR) is 102 cm³/mol. The predicted octanol–water partition coefficient (Wildman–Crippen LogP) is 3.02. The summed E-state index contributed by atoms with van der Waals surface area (Å²) >= 11 is 0. The highest BCUT2D eigenvalue weighted by molar-refractivity contribution is 6.21. The molecule has 0 spiro atoms. The number of fused-ring (bicyclic) bond motifs is 1. The Morgan fingerprint density at radius 3 is 2.07 bits per heavy atom. The number of imide groups is 1. The fraction of sp³-hybridized carbons (Fsp3) is 0.318. The van der Waals surface area contributed by atoms with E-state index in [1.807, 2.05) is 0 Å². The third-order valence-electron chi connectivity index (χ3n) is 5.56. The lowest BCUT2D eigenvalue weighted by Gasteiger charge is -2.33. The van der Waals surface area contributed by atoms with Crippen molar-refractivity contribution in [3.63, 3.8) is 0 Å². The van der Waals surface area contributed by atoms with Crippen LogP contribution in [-0.4, -0.2) is 53.6 Å². The second kappa shape index (κ2) is 7.64. The van der Waals surface area contributed by atoms with Crippen molar-refractivity contribution in [2.75, 3.05) is 26.2 Å². The van der Waals surface area contributed by atoms with Crippen LogP contribution in [0.5, 0.6) is 0 Å². The van der Waals surface area contributed by atoms with Crippen molar-refractivity contribution in [1.82, 2.24) is 9.80 Å². The fourth-order valence-electron chi connectivity index (χ4n) is 3.92. The van der Waals surface area contributed by atoms with Crippen LogP contribution < -0.4 is 0 Å². The normalized spacial score (nSPS) is 17.8. The first-order chi connectivity index (χ1) is 13.5. The van der Waals surface area contributed by atoms with Crippen LogP contribution in [0.4, 0.5) is 4.39 Å². The molecule has 1 fully saturated rings. The number of benzene rings is 2. The molecule has 0 atom stereocenters. The van der Waals surface area contributed by atoms with E-state index in [1.54, 1.807) is 24.3 Å². The lowest BCUT2D eigenvalue weighted by atomic mass is 9.95. The molecule has 2 aromatic carbocycles. The number of halogens is 1. The minimum Gasteiger partial charge on any atom is -0.296 e. The van der Waals surface area contributed by atoms with E-state index in [0.29, 0.717) is 29.8 Å². The Kier molecular flexibility index (Phi) is 5.05. The van der Waals surface area contributed by atoms with E-state index in [9.17, 15) is 18.8 Å². The molecular formula is C22H21FN2O3. The molecule has 0 aromatic heterocycles. The van der Waals surface area contributed by atoms with Crippen molar-refractivity contribution >= 4 is 17.6 Å². The summed E-state index contributed by atoms with van der Waals surface area (Å²) in [5.41, 5.74) is 1.47. The van der Waals surface area contributed by atoms with Crippen molar-refractivity contribution in [2.24, 2.45) is 5.92 Å². The van der Waals surface area contributed by atoms with E-state index in [1.165, 1.54) is 29.2 Å². The Bertz CT molecular complexity index is 883. The summed E-state index contributed by atoms with van der Waals surface area (Å²) in [7, 11) is 0. The first kappa shape index (κ1) is 18.5. The lowest BCUT2D eigenvalue weighted by molar-refractivity contribution is 0.0598. The molecule has 2 heterocycles. The van der Waals surface area contributed by atoms with Crippen LogP contribution in [0.1, 0.15) is 43.9 Å². The number of ketones is 1. The van der Waals surface area contributed by atoms with Crippen LogP contribution in [-0.2, 0) is 0 Å². The number of Topliss-reactive ketones (excluding diaryl/α,β-unsaturated/α-hetero) is 1. The fourth-order valence-corrected chi connectivity index (χ4v) is 3.92. The van der Waals surface area contributed by atoms with Gasteiger partial charge in [-0.2, -0.15) is 0 Å². The molecular weight excluding hydrogens is 359 g/mol. The van der Waals surface area contributed by atoms with Crippen molar-refractivity contribution < 1.29 is 18.8 Å². The summed E-state index contributed by atoms with van der Waals surface area (Å²) in [4.78, 5) is 40.8. The van der Waals surface area contributed by atoms with Crippen molar-refractivity contribution in [3.05, 3.63) is 71.0 Å². The van der Waals surface area contributed by atoms with Crippen LogP contribution in [0.25, 0.3) is 0 Å². The monoisotopic (exact) mass is 380 g/mol. The number of carbonyl (C=O) groups excluding carboxylic acids is 3. The SMILES string of the molecule is O=C(CN1CCC(CN2C(=O)c3ccccc3C2=O)CC1)c1ccc(F)cc1. The Morgan fingerprint density at radius 2 is 1.50 bits per heavy atom. The summed E-state index contributed by atoms with van der Waals surface area (Å²) in [6.07, 6.45) is 1.65. The first-order valence-corrected chi connectivity index (χ1v) is 9.49. The number of nitrogens with zero attached hydrogens (tertiary/aromatic N) is 2. The molecule has 2 aromatic rings. The van der Waals surface area contributed by atoms with E-state index in [-0.39, 0.29) is 29.3 Å². The van der Waals surface area contributed by atoms with Gasteiger partial charge in [-0.3, -0.25) is 24.2 Å². The number of piperidine rings is 1. The quantitative estimate of drug-likeness (QED) is 0.591. The maximum atomic E-state index is 13.0. The van der Waals surface area contributed by atoms with Gasteiger partial charge in [0.05, 0.1) is 17.7 Å². The van der Waals surface area contributed by atoms with Gasteiger partial charge in [0, 0.05) is 12.1 Å². The molecule has 0 unspecified atom stereocenters. The second-order valence-electron chi connectivity index (χ2n) is 7.42. The van der Waals surface area contributed by atoms with E-state index in [0.717, 1.165) is 25.9 Å². The number of likely N-dealkylation sites (tertiary alicyclic amines) is 1. The van der Waals surface area contributed by atoms with Gasteiger partial charge >= 0.3 is 0 Å². The molecule has 144 valence electrons. The molecule has 6 heteroatoms. The molecule has 2 amide bonds. The van der Waals surface area contributed by atoms with Crippen molar-refractivity contribution in [1.29, 1.82) is 0 Å². The van der Waals surface area contributed by atoms with Gasteiger partial charge < -0.3 is 0 Å². The highest BCUT2D eigenvalue weighted by Gasteiger charge is 2.36. The molecule has 0 bridgehead atoms. The first-order valence-electron chi connectivity index (χ1n) is 9.49. The third kappa shape index (κ3) is 3.60. The molecule has 5 nitrogen and oxygen atoms in total. The summed E-state index contributed by atoms with van der Waals surface area (Å²) in [6.45, 7) is 2.19. The molecule has 0 radical (unpaired) electrons. The van der Waals surface area contributed by atoms with Gasteiger partial charge in [0.15, 0.2) is 5.78 Å². The summed E-state index contributed by atoms with van der Waals surface area (Å²) < 4.78 is 13.0. The molecule has 1 saturated heterocycles. The maximum Gasteiger partial charge on any atom is 0.261 e. The van der Waals surface area contributed by atoms with E-state index < -0.39 is 0 Å². The zero-order valence-corrected chi connectivity index (χ0v) is 15.4. The van der Waals surface area contributed by atoms with Crippen LogP contribution in [0.3, 0.4) is 0 Å². The zero-order chi connectivity index (χ0) is 19.7. The topological polar surface area (TPSA) is 57.7 Å². The second-order valence-corrected chi connectivity index (χ2v) is 7.42. The number of rotatable bonds is 5. The van der Waals surface area contributed by atoms with Gasteiger partial charge in [0.1, 0.15) is 5.82 Å². The lowest BCUT2D eigenvalue weighted by Crippen LogP contribution is -2.42. The number of amides is 2.